The molecule has 0 radical (unpaired) electrons. The number of carbonyl (C=O) groups is 2. The van der Waals surface area contributed by atoms with Crippen LogP contribution < -0.4 is 21.9 Å². The van der Waals surface area contributed by atoms with Gasteiger partial charge in [-0.3, -0.25) is 28.5 Å². The molecule has 3 rings (SSSR count). The molecule has 0 spiro atoms. The fourth-order valence-corrected chi connectivity index (χ4v) is 5.64. The van der Waals surface area contributed by atoms with E-state index in [0.29, 0.717) is 11.3 Å². The molecule has 5 N–H and O–H groups in total. The third kappa shape index (κ3) is 6.60. The van der Waals surface area contributed by atoms with Crippen LogP contribution in [-0.4, -0.2) is 63.2 Å². The van der Waals surface area contributed by atoms with E-state index in [1.54, 1.807) is 38.1 Å². The molecule has 1 aromatic heterocycles. The molecule has 1 fully saturated rings. The summed E-state index contributed by atoms with van der Waals surface area (Å²) in [6.45, 7) is 3.87. The van der Waals surface area contributed by atoms with Crippen molar-refractivity contribution < 1.29 is 38.2 Å². The van der Waals surface area contributed by atoms with Gasteiger partial charge in [0.05, 0.1) is 25.8 Å². The first-order valence-electron chi connectivity index (χ1n) is 11.4. The van der Waals surface area contributed by atoms with E-state index < -0.39 is 55.3 Å². The lowest BCUT2D eigenvalue weighted by Crippen LogP contribution is -2.56. The standard InChI is InChI=1S/C22H29N4O10P/c1-3-34-37(33,35-4-2)12-14-5-7-15(8-6-14)24-17(29)11-22(23-13-27)19(31)18(30)20(36-22)26-10-9-16(28)25-21(26)32/h5-10,13,18-20,30-31H,3-4,11-12H2,1-2H3,(H,23,27)(H,24,29)(H,25,28,32)/t18-,19+,20+,22+/m0/s1. The minimum atomic E-state index is -3.31. The first-order valence-corrected chi connectivity index (χ1v) is 13.1. The van der Waals surface area contributed by atoms with Crippen LogP contribution in [0.4, 0.5) is 5.69 Å². The van der Waals surface area contributed by atoms with Gasteiger partial charge in [-0.2, -0.15) is 0 Å². The molecule has 1 aliphatic rings. The third-order valence-electron chi connectivity index (χ3n) is 5.54. The Morgan fingerprint density at radius 2 is 1.84 bits per heavy atom. The van der Waals surface area contributed by atoms with Crippen molar-refractivity contribution >= 4 is 25.6 Å². The fourth-order valence-electron chi connectivity index (χ4n) is 3.93. The van der Waals surface area contributed by atoms with Crippen molar-refractivity contribution in [3.8, 4) is 0 Å². The van der Waals surface area contributed by atoms with E-state index in [2.05, 4.69) is 10.6 Å². The number of aromatic nitrogens is 2. The molecule has 2 heterocycles. The summed E-state index contributed by atoms with van der Waals surface area (Å²) in [6, 6.07) is 7.37. The van der Waals surface area contributed by atoms with Gasteiger partial charge >= 0.3 is 13.3 Å². The second kappa shape index (κ2) is 11.9. The molecule has 0 bridgehead atoms. The van der Waals surface area contributed by atoms with E-state index >= 15 is 0 Å². The van der Waals surface area contributed by atoms with Crippen LogP contribution in [0.2, 0.25) is 0 Å². The molecular weight excluding hydrogens is 511 g/mol. The summed E-state index contributed by atoms with van der Waals surface area (Å²) in [6.07, 6.45) is -4.40. The molecule has 0 aliphatic carbocycles. The van der Waals surface area contributed by atoms with Crippen LogP contribution in [0.5, 0.6) is 0 Å². The summed E-state index contributed by atoms with van der Waals surface area (Å²) in [5, 5.41) is 26.0. The van der Waals surface area contributed by atoms with Crippen LogP contribution in [0.1, 0.15) is 32.1 Å². The first-order chi connectivity index (χ1) is 17.6. The van der Waals surface area contributed by atoms with E-state index in [1.165, 1.54) is 0 Å². The second-order valence-electron chi connectivity index (χ2n) is 8.14. The number of aliphatic hydroxyl groups excluding tert-OH is 2. The van der Waals surface area contributed by atoms with Gasteiger partial charge in [-0.15, -0.1) is 0 Å². The molecule has 2 aromatic rings. The van der Waals surface area contributed by atoms with Gasteiger partial charge in [0, 0.05) is 18.0 Å². The van der Waals surface area contributed by atoms with E-state index in [-0.39, 0.29) is 25.8 Å². The molecule has 1 aliphatic heterocycles. The van der Waals surface area contributed by atoms with Gasteiger partial charge in [-0.25, -0.2) is 4.79 Å². The van der Waals surface area contributed by atoms with Crippen LogP contribution in [0, 0.1) is 0 Å². The van der Waals surface area contributed by atoms with Crippen molar-refractivity contribution in [2.75, 3.05) is 18.5 Å². The fraction of sp³-hybridized carbons (Fsp3) is 0.455. The Bertz CT molecular complexity index is 1250. The number of nitrogens with one attached hydrogen (secondary N) is 3. The first kappa shape index (κ1) is 28.4. The van der Waals surface area contributed by atoms with Crippen LogP contribution in [0.15, 0.2) is 46.1 Å². The number of ether oxygens (including phenoxy) is 1. The highest BCUT2D eigenvalue weighted by Gasteiger charge is 2.56. The summed E-state index contributed by atoms with van der Waals surface area (Å²) in [4.78, 5) is 49.5. The van der Waals surface area contributed by atoms with Gasteiger partial charge in [-0.1, -0.05) is 12.1 Å². The maximum Gasteiger partial charge on any atom is 0.335 e. The Morgan fingerprint density at radius 1 is 1.19 bits per heavy atom. The zero-order chi connectivity index (χ0) is 27.2. The lowest BCUT2D eigenvalue weighted by molar-refractivity contribution is -0.149. The Kier molecular flexibility index (Phi) is 9.18. The average molecular weight is 540 g/mol. The molecule has 0 saturated carbocycles. The highest BCUT2D eigenvalue weighted by atomic mass is 31.2. The summed E-state index contributed by atoms with van der Waals surface area (Å²) < 4.78 is 29.7. The van der Waals surface area contributed by atoms with E-state index in [0.717, 1.165) is 16.8 Å². The number of rotatable bonds is 12. The summed E-state index contributed by atoms with van der Waals surface area (Å²) in [7, 11) is -3.31. The normalized spacial score (nSPS) is 23.5. The molecule has 202 valence electrons. The van der Waals surface area contributed by atoms with Crippen molar-refractivity contribution in [3.63, 3.8) is 0 Å². The number of anilines is 1. The predicted molar refractivity (Wildman–Crippen MR) is 130 cm³/mol. The second-order valence-corrected chi connectivity index (χ2v) is 10.2. The van der Waals surface area contributed by atoms with Crippen molar-refractivity contribution in [1.82, 2.24) is 14.9 Å². The number of H-pyrrole nitrogens is 1. The summed E-state index contributed by atoms with van der Waals surface area (Å²) >= 11 is 0. The van der Waals surface area contributed by atoms with E-state index in [4.69, 9.17) is 13.8 Å². The Balaban J connectivity index is 1.73. The Labute approximate surface area is 211 Å². The van der Waals surface area contributed by atoms with Gasteiger partial charge in [-0.05, 0) is 31.5 Å². The number of carbonyl (C=O) groups excluding carboxylic acids is 2. The minimum Gasteiger partial charge on any atom is -0.385 e. The largest absolute Gasteiger partial charge is 0.385 e. The lowest BCUT2D eigenvalue weighted by Gasteiger charge is -2.30. The SMILES string of the molecule is CCOP(=O)(Cc1ccc(NC(=O)C[C@@]2(NC=O)O[C@@H](n3ccc(=O)[nH]c3=O)[C@@H](O)[C@H]2O)cc1)OCC. The molecule has 1 aromatic carbocycles. The van der Waals surface area contributed by atoms with Crippen molar-refractivity contribution in [1.29, 1.82) is 0 Å². The molecule has 1 saturated heterocycles. The molecule has 4 atom stereocenters. The highest BCUT2D eigenvalue weighted by molar-refractivity contribution is 7.53. The highest BCUT2D eigenvalue weighted by Crippen LogP contribution is 2.51. The monoisotopic (exact) mass is 540 g/mol. The van der Waals surface area contributed by atoms with Crippen LogP contribution >= 0.6 is 7.60 Å². The smallest absolute Gasteiger partial charge is 0.335 e. The van der Waals surface area contributed by atoms with Crippen molar-refractivity contribution in [2.45, 2.75) is 50.6 Å². The average Bonchev–Trinajstić information content (AvgIpc) is 3.06. The van der Waals surface area contributed by atoms with Gasteiger partial charge in [0.25, 0.3) is 5.56 Å². The topological polar surface area (TPSA) is 198 Å². The third-order valence-corrected chi connectivity index (χ3v) is 7.60. The molecule has 2 amide bonds. The molecule has 37 heavy (non-hydrogen) atoms. The number of nitrogens with zero attached hydrogens (tertiary/aromatic N) is 1. The van der Waals surface area contributed by atoms with Gasteiger partial charge in [0.2, 0.25) is 12.3 Å². The van der Waals surface area contributed by atoms with Crippen LogP contribution in [0.25, 0.3) is 0 Å². The predicted octanol–water partition coefficient (Wildman–Crippen LogP) is 0.0244. The van der Waals surface area contributed by atoms with Crippen LogP contribution in [0.3, 0.4) is 0 Å². The van der Waals surface area contributed by atoms with Crippen molar-refractivity contribution in [2.24, 2.45) is 0 Å². The lowest BCUT2D eigenvalue weighted by atomic mass is 10.00. The number of amides is 2. The zero-order valence-corrected chi connectivity index (χ0v) is 21.1. The van der Waals surface area contributed by atoms with Gasteiger partial charge < -0.3 is 34.6 Å². The number of hydrogen-bond acceptors (Lipinski definition) is 10. The maximum absolute atomic E-state index is 12.8. The summed E-state index contributed by atoms with van der Waals surface area (Å²) in [5.74, 6) is -0.697. The minimum absolute atomic E-state index is 0.0404. The number of aromatic amines is 1. The Hall–Kier alpha value is -3.13. The molecule has 15 heteroatoms. The number of aliphatic hydroxyl groups is 2. The Morgan fingerprint density at radius 3 is 2.41 bits per heavy atom. The molecule has 14 nitrogen and oxygen atoms in total. The van der Waals surface area contributed by atoms with Crippen molar-refractivity contribution in [3.05, 3.63) is 62.9 Å². The zero-order valence-electron chi connectivity index (χ0n) is 20.2. The van der Waals surface area contributed by atoms with E-state index in [1.807, 2.05) is 4.98 Å². The quantitative estimate of drug-likeness (QED) is 0.181. The van der Waals surface area contributed by atoms with E-state index in [9.17, 15) is 34.0 Å². The van der Waals surface area contributed by atoms with Gasteiger partial charge in [0.15, 0.2) is 12.0 Å². The maximum atomic E-state index is 12.8. The molecular formula is C22H29N4O10P. The van der Waals surface area contributed by atoms with Gasteiger partial charge in [0.1, 0.15) is 12.2 Å². The molecule has 0 unspecified atom stereocenters. The van der Waals surface area contributed by atoms with Crippen LogP contribution in [-0.2, 0) is 34.1 Å². The number of hydrogen-bond donors (Lipinski definition) is 5. The summed E-state index contributed by atoms with van der Waals surface area (Å²) in [5.41, 5.74) is -2.69. The number of benzene rings is 1.